The van der Waals surface area contributed by atoms with Crippen molar-refractivity contribution >= 4 is 29.4 Å². The van der Waals surface area contributed by atoms with E-state index >= 15 is 0 Å². The predicted molar refractivity (Wildman–Crippen MR) is 123 cm³/mol. The molecule has 33 heavy (non-hydrogen) atoms. The molecular formula is C23H27N7O3. The van der Waals surface area contributed by atoms with Crippen molar-refractivity contribution < 1.29 is 14.4 Å². The van der Waals surface area contributed by atoms with E-state index in [0.29, 0.717) is 42.3 Å². The van der Waals surface area contributed by atoms with Crippen LogP contribution in [0.25, 0.3) is 0 Å². The van der Waals surface area contributed by atoms with Crippen LogP contribution in [0.2, 0.25) is 0 Å². The molecule has 0 bridgehead atoms. The summed E-state index contributed by atoms with van der Waals surface area (Å²) >= 11 is 0. The highest BCUT2D eigenvalue weighted by Gasteiger charge is 2.49. The molecule has 0 spiro atoms. The van der Waals surface area contributed by atoms with Gasteiger partial charge < -0.3 is 10.6 Å². The molecule has 10 heteroatoms. The van der Waals surface area contributed by atoms with Gasteiger partial charge in [0.1, 0.15) is 17.7 Å². The van der Waals surface area contributed by atoms with Crippen LogP contribution < -0.4 is 10.6 Å². The highest BCUT2D eigenvalue weighted by atomic mass is 16.2. The van der Waals surface area contributed by atoms with Gasteiger partial charge in [-0.25, -0.2) is 14.8 Å². The molecule has 10 nitrogen and oxygen atoms in total. The lowest BCUT2D eigenvalue weighted by Gasteiger charge is -2.40. The van der Waals surface area contributed by atoms with E-state index in [1.807, 2.05) is 19.9 Å². The first kappa shape index (κ1) is 22.4. The van der Waals surface area contributed by atoms with Crippen molar-refractivity contribution in [1.82, 2.24) is 25.1 Å². The number of urea groups is 1. The molecule has 2 N–H and O–H groups in total. The van der Waals surface area contributed by atoms with Gasteiger partial charge in [-0.15, -0.1) is 0 Å². The van der Waals surface area contributed by atoms with E-state index in [4.69, 9.17) is 0 Å². The second-order valence-corrected chi connectivity index (χ2v) is 7.93. The number of aliphatic imine (C=N–C) groups is 1. The summed E-state index contributed by atoms with van der Waals surface area (Å²) in [4.78, 5) is 54.0. The van der Waals surface area contributed by atoms with Gasteiger partial charge in [-0.1, -0.05) is 13.8 Å². The molecule has 3 amide bonds. The normalized spacial score (nSPS) is 19.8. The fourth-order valence-corrected chi connectivity index (χ4v) is 3.93. The highest BCUT2D eigenvalue weighted by Crippen LogP contribution is 2.25. The zero-order chi connectivity index (χ0) is 23.4. The number of fused-ring (bicyclic) bond motifs is 1. The summed E-state index contributed by atoms with van der Waals surface area (Å²) in [6.07, 6.45) is 5.67. The number of rotatable bonds is 9. The Morgan fingerprint density at radius 2 is 1.94 bits per heavy atom. The van der Waals surface area contributed by atoms with Gasteiger partial charge in [0.05, 0.1) is 6.54 Å². The third-order valence-electron chi connectivity index (χ3n) is 5.54. The Kier molecular flexibility index (Phi) is 6.62. The van der Waals surface area contributed by atoms with Crippen LogP contribution in [0.1, 0.15) is 42.6 Å². The molecule has 4 heterocycles. The number of hydrogen-bond donors (Lipinski definition) is 2. The van der Waals surface area contributed by atoms with Crippen LogP contribution in [0.4, 0.5) is 10.6 Å². The summed E-state index contributed by atoms with van der Waals surface area (Å²) in [6.45, 7) is 4.93. The van der Waals surface area contributed by atoms with Crippen LogP contribution in [-0.2, 0) is 4.79 Å². The molecule has 2 unspecified atom stereocenters. The van der Waals surface area contributed by atoms with E-state index in [2.05, 4.69) is 25.6 Å². The molecule has 1 saturated heterocycles. The fraction of sp³-hybridized carbons (Fsp3) is 0.391. The Bertz CT molecular complexity index is 1060. The number of Topliss-reactive ketones (excluding diaryl/α,β-unsaturated/α-hetero) is 1. The quantitative estimate of drug-likeness (QED) is 0.561. The predicted octanol–water partition coefficient (Wildman–Crippen LogP) is 1.90. The van der Waals surface area contributed by atoms with Gasteiger partial charge in [0.25, 0.3) is 5.91 Å². The molecule has 172 valence electrons. The Labute approximate surface area is 192 Å². The second kappa shape index (κ2) is 9.76. The van der Waals surface area contributed by atoms with Gasteiger partial charge in [0.2, 0.25) is 0 Å². The zero-order valence-electron chi connectivity index (χ0n) is 18.7. The first-order valence-electron chi connectivity index (χ1n) is 11.1. The monoisotopic (exact) mass is 449 g/mol. The first-order chi connectivity index (χ1) is 16.0. The van der Waals surface area contributed by atoms with Crippen LogP contribution >= 0.6 is 0 Å². The number of amides is 3. The number of amidine groups is 1. The molecule has 1 fully saturated rings. The van der Waals surface area contributed by atoms with E-state index < -0.39 is 12.2 Å². The molecule has 2 aromatic heterocycles. The average molecular weight is 450 g/mol. The maximum atomic E-state index is 12.9. The summed E-state index contributed by atoms with van der Waals surface area (Å²) in [6, 6.07) is 6.10. The van der Waals surface area contributed by atoms with Gasteiger partial charge in [-0.2, -0.15) is 0 Å². The Morgan fingerprint density at radius 1 is 1.12 bits per heavy atom. The third-order valence-corrected chi connectivity index (χ3v) is 5.54. The van der Waals surface area contributed by atoms with Crippen molar-refractivity contribution in [3.05, 3.63) is 54.0 Å². The topological polar surface area (TPSA) is 120 Å². The van der Waals surface area contributed by atoms with Gasteiger partial charge in [0, 0.05) is 42.8 Å². The molecule has 2 atom stereocenters. The SMILES string of the molecule is CCCN1C(=O)C2NC(c3ccc(NCC(=O)c4cccnc4)nc3)=NC2N(CCC)C1=O. The number of pyridine rings is 2. The standard InChI is InChI=1S/C23H27N7O3/c1-3-10-29-21-19(22(32)30(11-4-2)23(29)33)27-20(28-21)16-7-8-18(25-13-16)26-14-17(31)15-6-5-9-24-12-15/h5-9,12-13,19,21H,3-4,10-11,14H2,1-2H3,(H,25,26)(H,27,28). The summed E-state index contributed by atoms with van der Waals surface area (Å²) in [5.74, 6) is 0.727. The number of nitrogens with zero attached hydrogens (tertiary/aromatic N) is 5. The van der Waals surface area contributed by atoms with Crippen LogP contribution in [-0.4, -0.2) is 75.2 Å². The minimum Gasteiger partial charge on any atom is -0.363 e. The van der Waals surface area contributed by atoms with Gasteiger partial charge in [0.15, 0.2) is 11.9 Å². The molecule has 2 aliphatic heterocycles. The van der Waals surface area contributed by atoms with Crippen molar-refractivity contribution in [2.24, 2.45) is 4.99 Å². The van der Waals surface area contributed by atoms with Gasteiger partial charge >= 0.3 is 6.03 Å². The Hall–Kier alpha value is -3.82. The number of carbonyl (C=O) groups is 3. The van der Waals surface area contributed by atoms with Crippen LogP contribution in [0.5, 0.6) is 0 Å². The molecule has 0 aromatic carbocycles. The van der Waals surface area contributed by atoms with E-state index in [9.17, 15) is 14.4 Å². The number of nitrogens with one attached hydrogen (secondary N) is 2. The smallest absolute Gasteiger partial charge is 0.328 e. The number of anilines is 1. The number of imide groups is 1. The molecule has 0 radical (unpaired) electrons. The number of hydrogen-bond acceptors (Lipinski definition) is 8. The summed E-state index contributed by atoms with van der Waals surface area (Å²) in [7, 11) is 0. The maximum absolute atomic E-state index is 12.9. The Morgan fingerprint density at radius 3 is 2.61 bits per heavy atom. The highest BCUT2D eigenvalue weighted by molar-refractivity contribution is 6.08. The van der Waals surface area contributed by atoms with E-state index in [0.717, 1.165) is 6.42 Å². The summed E-state index contributed by atoms with van der Waals surface area (Å²) in [5, 5.41) is 6.20. The number of carbonyl (C=O) groups excluding carboxylic acids is 3. The third kappa shape index (κ3) is 4.55. The minimum atomic E-state index is -0.606. The van der Waals surface area contributed by atoms with Crippen LogP contribution in [0, 0.1) is 0 Å². The number of ketones is 1. The van der Waals surface area contributed by atoms with Crippen molar-refractivity contribution in [2.45, 2.75) is 38.9 Å². The molecule has 2 aliphatic rings. The molecule has 0 aliphatic carbocycles. The number of aromatic nitrogens is 2. The summed E-state index contributed by atoms with van der Waals surface area (Å²) in [5.41, 5.74) is 1.23. The van der Waals surface area contributed by atoms with E-state index in [1.165, 1.54) is 11.1 Å². The van der Waals surface area contributed by atoms with Crippen molar-refractivity contribution in [3.8, 4) is 0 Å². The lowest BCUT2D eigenvalue weighted by molar-refractivity contribution is -0.134. The van der Waals surface area contributed by atoms with Crippen molar-refractivity contribution in [2.75, 3.05) is 25.0 Å². The van der Waals surface area contributed by atoms with E-state index in [-0.39, 0.29) is 24.3 Å². The first-order valence-corrected chi connectivity index (χ1v) is 11.1. The maximum Gasteiger partial charge on any atom is 0.328 e. The molecule has 2 aromatic rings. The van der Waals surface area contributed by atoms with Crippen molar-refractivity contribution in [1.29, 1.82) is 0 Å². The van der Waals surface area contributed by atoms with Gasteiger partial charge in [-0.05, 0) is 37.1 Å². The average Bonchev–Trinajstić information content (AvgIpc) is 3.29. The van der Waals surface area contributed by atoms with Crippen LogP contribution in [0.3, 0.4) is 0 Å². The lowest BCUT2D eigenvalue weighted by Crippen LogP contribution is -2.65. The van der Waals surface area contributed by atoms with E-state index in [1.54, 1.807) is 35.5 Å². The zero-order valence-corrected chi connectivity index (χ0v) is 18.7. The summed E-state index contributed by atoms with van der Waals surface area (Å²) < 4.78 is 0. The fourth-order valence-electron chi connectivity index (χ4n) is 3.93. The Balaban J connectivity index is 1.46. The molecule has 0 saturated carbocycles. The van der Waals surface area contributed by atoms with Crippen LogP contribution in [0.15, 0.2) is 47.8 Å². The minimum absolute atomic E-state index is 0.0873. The van der Waals surface area contributed by atoms with Gasteiger partial charge in [-0.3, -0.25) is 24.4 Å². The molecular weight excluding hydrogens is 422 g/mol. The largest absolute Gasteiger partial charge is 0.363 e. The second-order valence-electron chi connectivity index (χ2n) is 7.93. The van der Waals surface area contributed by atoms with Crippen molar-refractivity contribution in [3.63, 3.8) is 0 Å². The molecule has 4 rings (SSSR count). The lowest BCUT2D eigenvalue weighted by atomic mass is 10.1.